The van der Waals surface area contributed by atoms with Crippen molar-refractivity contribution in [2.24, 2.45) is 0 Å². The van der Waals surface area contributed by atoms with E-state index in [1.807, 2.05) is 6.08 Å². The van der Waals surface area contributed by atoms with Gasteiger partial charge in [0.05, 0.1) is 0 Å². The topological polar surface area (TPSA) is 0 Å². The molecule has 0 amide bonds. The van der Waals surface area contributed by atoms with Gasteiger partial charge in [0.15, 0.2) is 0 Å². The summed E-state index contributed by atoms with van der Waals surface area (Å²) in [5, 5.41) is 0. The Balaban J connectivity index is 2.11. The molecule has 0 saturated carbocycles. The standard InChI is InChI=1S/C12H20/c1-3-5-6-7-8-12-10-9-11(12)4-2/h3H,1,4-10H2,2H3. The summed E-state index contributed by atoms with van der Waals surface area (Å²) in [5.74, 6) is 0. The molecule has 0 aliphatic heterocycles. The largest absolute Gasteiger partial charge is 0.103 e. The number of hydrogen-bond acceptors (Lipinski definition) is 0. The highest BCUT2D eigenvalue weighted by Crippen LogP contribution is 2.33. The van der Waals surface area contributed by atoms with E-state index < -0.39 is 0 Å². The van der Waals surface area contributed by atoms with E-state index in [0.29, 0.717) is 0 Å². The van der Waals surface area contributed by atoms with Gasteiger partial charge in [-0.25, -0.2) is 0 Å². The van der Waals surface area contributed by atoms with Gasteiger partial charge >= 0.3 is 0 Å². The molecule has 0 spiro atoms. The van der Waals surface area contributed by atoms with Crippen molar-refractivity contribution in [1.29, 1.82) is 0 Å². The molecule has 0 aromatic rings. The lowest BCUT2D eigenvalue weighted by Crippen LogP contribution is -2.03. The van der Waals surface area contributed by atoms with Crippen molar-refractivity contribution in [2.45, 2.75) is 51.9 Å². The van der Waals surface area contributed by atoms with Gasteiger partial charge in [-0.1, -0.05) is 24.1 Å². The normalized spacial score (nSPS) is 16.1. The van der Waals surface area contributed by atoms with Crippen molar-refractivity contribution in [3.8, 4) is 0 Å². The van der Waals surface area contributed by atoms with Crippen molar-refractivity contribution in [1.82, 2.24) is 0 Å². The van der Waals surface area contributed by atoms with E-state index >= 15 is 0 Å². The molecule has 12 heavy (non-hydrogen) atoms. The van der Waals surface area contributed by atoms with Crippen LogP contribution in [0.25, 0.3) is 0 Å². The predicted octanol–water partition coefficient (Wildman–Crippen LogP) is 4.23. The second kappa shape index (κ2) is 5.18. The Labute approximate surface area is 76.4 Å². The van der Waals surface area contributed by atoms with Crippen LogP contribution in [0.2, 0.25) is 0 Å². The van der Waals surface area contributed by atoms with E-state index in [4.69, 9.17) is 0 Å². The molecule has 0 heteroatoms. The van der Waals surface area contributed by atoms with E-state index in [0.717, 1.165) is 0 Å². The van der Waals surface area contributed by atoms with Gasteiger partial charge in [-0.05, 0) is 44.9 Å². The molecule has 1 rings (SSSR count). The van der Waals surface area contributed by atoms with Gasteiger partial charge in [0.1, 0.15) is 0 Å². The molecular weight excluding hydrogens is 144 g/mol. The van der Waals surface area contributed by atoms with Crippen LogP contribution in [-0.2, 0) is 0 Å². The SMILES string of the molecule is C=CCCCCC1=C(CC)CC1. The minimum absolute atomic E-state index is 1.19. The molecule has 0 aromatic carbocycles. The smallest absolute Gasteiger partial charge is 0.0280 e. The third kappa shape index (κ3) is 2.51. The number of rotatable bonds is 6. The second-order valence-corrected chi connectivity index (χ2v) is 3.60. The fraction of sp³-hybridized carbons (Fsp3) is 0.667. The highest BCUT2D eigenvalue weighted by Gasteiger charge is 2.13. The Hall–Kier alpha value is -0.520. The molecule has 0 saturated heterocycles. The van der Waals surface area contributed by atoms with E-state index in [-0.39, 0.29) is 0 Å². The first-order chi connectivity index (χ1) is 5.88. The molecule has 0 bridgehead atoms. The first-order valence-electron chi connectivity index (χ1n) is 5.19. The minimum atomic E-state index is 1.19. The van der Waals surface area contributed by atoms with Crippen molar-refractivity contribution < 1.29 is 0 Å². The zero-order chi connectivity index (χ0) is 8.81. The maximum absolute atomic E-state index is 3.73. The van der Waals surface area contributed by atoms with Crippen molar-refractivity contribution >= 4 is 0 Å². The van der Waals surface area contributed by atoms with Crippen LogP contribution in [0, 0.1) is 0 Å². The molecule has 0 nitrogen and oxygen atoms in total. The number of unbranched alkanes of at least 4 members (excludes halogenated alkanes) is 2. The van der Waals surface area contributed by atoms with E-state index in [9.17, 15) is 0 Å². The second-order valence-electron chi connectivity index (χ2n) is 3.60. The van der Waals surface area contributed by atoms with E-state index in [1.165, 1.54) is 44.9 Å². The van der Waals surface area contributed by atoms with Crippen molar-refractivity contribution in [3.05, 3.63) is 23.8 Å². The molecule has 0 aromatic heterocycles. The molecule has 1 aliphatic carbocycles. The summed E-state index contributed by atoms with van der Waals surface area (Å²) < 4.78 is 0. The van der Waals surface area contributed by atoms with E-state index in [1.54, 1.807) is 11.1 Å². The summed E-state index contributed by atoms with van der Waals surface area (Å²) in [6.45, 7) is 6.01. The van der Waals surface area contributed by atoms with Crippen molar-refractivity contribution in [2.75, 3.05) is 0 Å². The van der Waals surface area contributed by atoms with Crippen LogP contribution in [0.3, 0.4) is 0 Å². The Morgan fingerprint density at radius 1 is 1.25 bits per heavy atom. The molecule has 0 atom stereocenters. The minimum Gasteiger partial charge on any atom is -0.103 e. The zero-order valence-electron chi connectivity index (χ0n) is 8.23. The summed E-state index contributed by atoms with van der Waals surface area (Å²) in [6.07, 6.45) is 11.3. The van der Waals surface area contributed by atoms with E-state index in [2.05, 4.69) is 13.5 Å². The van der Waals surface area contributed by atoms with Gasteiger partial charge in [-0.15, -0.1) is 6.58 Å². The fourth-order valence-electron chi connectivity index (χ4n) is 1.83. The third-order valence-electron chi connectivity index (χ3n) is 2.79. The highest BCUT2D eigenvalue weighted by atomic mass is 14.2. The first-order valence-corrected chi connectivity index (χ1v) is 5.19. The van der Waals surface area contributed by atoms with Gasteiger partial charge in [-0.2, -0.15) is 0 Å². The molecule has 0 fully saturated rings. The van der Waals surface area contributed by atoms with Crippen LogP contribution < -0.4 is 0 Å². The summed E-state index contributed by atoms with van der Waals surface area (Å²) in [5.41, 5.74) is 3.51. The predicted molar refractivity (Wildman–Crippen MR) is 55.2 cm³/mol. The maximum atomic E-state index is 3.73. The summed E-state index contributed by atoms with van der Waals surface area (Å²) in [4.78, 5) is 0. The summed E-state index contributed by atoms with van der Waals surface area (Å²) >= 11 is 0. The molecule has 0 radical (unpaired) electrons. The van der Waals surface area contributed by atoms with Crippen molar-refractivity contribution in [3.63, 3.8) is 0 Å². The third-order valence-corrected chi connectivity index (χ3v) is 2.79. The molecule has 0 N–H and O–H groups in total. The first kappa shape index (κ1) is 9.57. The zero-order valence-corrected chi connectivity index (χ0v) is 8.23. The summed E-state index contributed by atoms with van der Waals surface area (Å²) in [7, 11) is 0. The Morgan fingerprint density at radius 3 is 2.50 bits per heavy atom. The fourth-order valence-corrected chi connectivity index (χ4v) is 1.83. The van der Waals surface area contributed by atoms with Crippen LogP contribution in [-0.4, -0.2) is 0 Å². The lowest BCUT2D eigenvalue weighted by Gasteiger charge is -2.22. The monoisotopic (exact) mass is 164 g/mol. The van der Waals surface area contributed by atoms with Gasteiger partial charge in [0, 0.05) is 0 Å². The molecule has 0 heterocycles. The maximum Gasteiger partial charge on any atom is -0.0280 e. The quantitative estimate of drug-likeness (QED) is 0.407. The summed E-state index contributed by atoms with van der Waals surface area (Å²) in [6, 6.07) is 0. The Kier molecular flexibility index (Phi) is 4.13. The van der Waals surface area contributed by atoms with Gasteiger partial charge in [0.2, 0.25) is 0 Å². The van der Waals surface area contributed by atoms with Crippen LogP contribution in [0.5, 0.6) is 0 Å². The van der Waals surface area contributed by atoms with Gasteiger partial charge in [-0.3, -0.25) is 0 Å². The van der Waals surface area contributed by atoms with Crippen LogP contribution in [0.15, 0.2) is 23.8 Å². The highest BCUT2D eigenvalue weighted by molar-refractivity contribution is 5.23. The van der Waals surface area contributed by atoms with Crippen LogP contribution >= 0.6 is 0 Å². The lowest BCUT2D eigenvalue weighted by atomic mass is 9.84. The number of hydrogen-bond donors (Lipinski definition) is 0. The lowest BCUT2D eigenvalue weighted by molar-refractivity contribution is 0.651. The Morgan fingerprint density at radius 2 is 2.00 bits per heavy atom. The molecule has 68 valence electrons. The average molecular weight is 164 g/mol. The van der Waals surface area contributed by atoms with Gasteiger partial charge in [0.25, 0.3) is 0 Å². The molecule has 0 unspecified atom stereocenters. The molecular formula is C12H20. The number of allylic oxidation sites excluding steroid dienone is 3. The molecule has 1 aliphatic rings. The Bertz CT molecular complexity index is 174. The van der Waals surface area contributed by atoms with Gasteiger partial charge < -0.3 is 0 Å². The average Bonchev–Trinajstić information content (AvgIpc) is 2.03. The van der Waals surface area contributed by atoms with Crippen LogP contribution in [0.4, 0.5) is 0 Å². The van der Waals surface area contributed by atoms with Crippen LogP contribution in [0.1, 0.15) is 51.9 Å².